The Morgan fingerprint density at radius 3 is 2.89 bits per heavy atom. The summed E-state index contributed by atoms with van der Waals surface area (Å²) >= 11 is 7.67. The van der Waals surface area contributed by atoms with Crippen LogP contribution in [0.2, 0.25) is 5.02 Å². The SMILES string of the molecule is COc1ccc(Cl)cc1NC(=O)CSC1CCCC1. The molecule has 0 spiro atoms. The van der Waals surface area contributed by atoms with Gasteiger partial charge in [-0.1, -0.05) is 24.4 Å². The minimum absolute atomic E-state index is 0.00235. The maximum Gasteiger partial charge on any atom is 0.234 e. The molecule has 1 aromatic carbocycles. The minimum Gasteiger partial charge on any atom is -0.495 e. The first kappa shape index (κ1) is 14.5. The summed E-state index contributed by atoms with van der Waals surface area (Å²) in [6.07, 6.45) is 5.06. The van der Waals surface area contributed by atoms with Gasteiger partial charge in [0.1, 0.15) is 5.75 Å². The summed E-state index contributed by atoms with van der Waals surface area (Å²) in [7, 11) is 1.58. The Morgan fingerprint density at radius 1 is 1.47 bits per heavy atom. The first-order valence-electron chi connectivity index (χ1n) is 6.44. The van der Waals surface area contributed by atoms with Crippen molar-refractivity contribution >= 4 is 35.0 Å². The molecular weight excluding hydrogens is 282 g/mol. The van der Waals surface area contributed by atoms with Crippen molar-refractivity contribution in [2.75, 3.05) is 18.2 Å². The average Bonchev–Trinajstić information content (AvgIpc) is 2.90. The van der Waals surface area contributed by atoms with E-state index in [0.717, 1.165) is 0 Å². The van der Waals surface area contributed by atoms with Gasteiger partial charge in [-0.3, -0.25) is 4.79 Å². The van der Waals surface area contributed by atoms with E-state index in [0.29, 0.717) is 27.5 Å². The number of anilines is 1. The van der Waals surface area contributed by atoms with Gasteiger partial charge in [0.05, 0.1) is 18.6 Å². The Labute approximate surface area is 123 Å². The number of amides is 1. The summed E-state index contributed by atoms with van der Waals surface area (Å²) in [4.78, 5) is 11.9. The highest BCUT2D eigenvalue weighted by Crippen LogP contribution is 2.30. The Bertz CT molecular complexity index is 447. The van der Waals surface area contributed by atoms with Gasteiger partial charge in [-0.2, -0.15) is 0 Å². The van der Waals surface area contributed by atoms with Gasteiger partial charge in [0.25, 0.3) is 0 Å². The van der Waals surface area contributed by atoms with Crippen molar-refractivity contribution in [3.8, 4) is 5.75 Å². The minimum atomic E-state index is -0.00235. The van der Waals surface area contributed by atoms with E-state index in [4.69, 9.17) is 16.3 Å². The highest BCUT2D eigenvalue weighted by molar-refractivity contribution is 8.00. The van der Waals surface area contributed by atoms with Crippen molar-refractivity contribution in [3.05, 3.63) is 23.2 Å². The number of benzene rings is 1. The van der Waals surface area contributed by atoms with Gasteiger partial charge in [0, 0.05) is 10.3 Å². The Hall–Kier alpha value is -0.870. The van der Waals surface area contributed by atoms with Crippen LogP contribution < -0.4 is 10.1 Å². The molecule has 0 bridgehead atoms. The number of methoxy groups -OCH3 is 1. The molecule has 1 amide bonds. The van der Waals surface area contributed by atoms with E-state index >= 15 is 0 Å². The van der Waals surface area contributed by atoms with Crippen LogP contribution in [0.3, 0.4) is 0 Å². The number of rotatable bonds is 5. The molecule has 19 heavy (non-hydrogen) atoms. The first-order valence-corrected chi connectivity index (χ1v) is 7.86. The Balaban J connectivity index is 1.88. The van der Waals surface area contributed by atoms with Crippen LogP contribution >= 0.6 is 23.4 Å². The standard InChI is InChI=1S/C14H18ClNO2S/c1-18-13-7-6-10(15)8-12(13)16-14(17)9-19-11-4-2-3-5-11/h6-8,11H,2-5,9H2,1H3,(H,16,17). The van der Waals surface area contributed by atoms with Crippen molar-refractivity contribution in [1.29, 1.82) is 0 Å². The maximum absolute atomic E-state index is 11.9. The van der Waals surface area contributed by atoms with Gasteiger partial charge in [-0.25, -0.2) is 0 Å². The quantitative estimate of drug-likeness (QED) is 0.894. The van der Waals surface area contributed by atoms with Gasteiger partial charge in [0.2, 0.25) is 5.91 Å². The van der Waals surface area contributed by atoms with E-state index in [9.17, 15) is 4.79 Å². The molecule has 5 heteroatoms. The van der Waals surface area contributed by atoms with Crippen molar-refractivity contribution in [2.24, 2.45) is 0 Å². The number of hydrogen-bond donors (Lipinski definition) is 1. The zero-order valence-electron chi connectivity index (χ0n) is 10.9. The van der Waals surface area contributed by atoms with Crippen LogP contribution in [-0.4, -0.2) is 24.0 Å². The largest absolute Gasteiger partial charge is 0.495 e. The predicted octanol–water partition coefficient (Wildman–Crippen LogP) is 3.96. The zero-order valence-corrected chi connectivity index (χ0v) is 12.5. The smallest absolute Gasteiger partial charge is 0.234 e. The molecule has 104 valence electrons. The van der Waals surface area contributed by atoms with Crippen LogP contribution in [0.1, 0.15) is 25.7 Å². The molecule has 2 rings (SSSR count). The van der Waals surface area contributed by atoms with Crippen LogP contribution in [0.4, 0.5) is 5.69 Å². The molecule has 0 unspecified atom stereocenters. The van der Waals surface area contributed by atoms with Gasteiger partial charge in [0.15, 0.2) is 0 Å². The topological polar surface area (TPSA) is 38.3 Å². The van der Waals surface area contributed by atoms with Gasteiger partial charge < -0.3 is 10.1 Å². The van der Waals surface area contributed by atoms with E-state index < -0.39 is 0 Å². The van der Waals surface area contributed by atoms with Crippen molar-refractivity contribution in [3.63, 3.8) is 0 Å². The predicted molar refractivity (Wildman–Crippen MR) is 81.3 cm³/mol. The molecule has 0 saturated heterocycles. The average molecular weight is 300 g/mol. The van der Waals surface area contributed by atoms with Crippen LogP contribution in [0.5, 0.6) is 5.75 Å². The molecule has 1 N–H and O–H groups in total. The fourth-order valence-electron chi connectivity index (χ4n) is 2.21. The zero-order chi connectivity index (χ0) is 13.7. The Kier molecular flexibility index (Phi) is 5.40. The number of carbonyl (C=O) groups excluding carboxylic acids is 1. The molecule has 0 radical (unpaired) electrons. The molecule has 0 aromatic heterocycles. The molecule has 1 saturated carbocycles. The number of halogens is 1. The highest BCUT2D eigenvalue weighted by Gasteiger charge is 2.17. The third kappa shape index (κ3) is 4.32. The van der Waals surface area contributed by atoms with Crippen LogP contribution in [0.15, 0.2) is 18.2 Å². The molecule has 0 atom stereocenters. The lowest BCUT2D eigenvalue weighted by atomic mass is 10.3. The van der Waals surface area contributed by atoms with E-state index in [1.54, 1.807) is 37.1 Å². The summed E-state index contributed by atoms with van der Waals surface area (Å²) < 4.78 is 5.20. The second-order valence-electron chi connectivity index (χ2n) is 4.61. The van der Waals surface area contributed by atoms with Crippen LogP contribution in [-0.2, 0) is 4.79 Å². The highest BCUT2D eigenvalue weighted by atomic mass is 35.5. The molecule has 0 aliphatic heterocycles. The van der Waals surface area contributed by atoms with E-state index in [1.807, 2.05) is 0 Å². The van der Waals surface area contributed by atoms with E-state index in [-0.39, 0.29) is 5.91 Å². The van der Waals surface area contributed by atoms with Crippen LogP contribution in [0.25, 0.3) is 0 Å². The van der Waals surface area contributed by atoms with E-state index in [2.05, 4.69) is 5.32 Å². The summed E-state index contributed by atoms with van der Waals surface area (Å²) in [6, 6.07) is 5.20. The lowest BCUT2D eigenvalue weighted by Crippen LogP contribution is -2.16. The number of carbonyl (C=O) groups is 1. The molecule has 1 aliphatic rings. The third-order valence-corrected chi connectivity index (χ3v) is 4.79. The summed E-state index contributed by atoms with van der Waals surface area (Å²) in [5.74, 6) is 1.11. The van der Waals surface area contributed by atoms with Crippen LogP contribution in [0, 0.1) is 0 Å². The Morgan fingerprint density at radius 2 is 2.21 bits per heavy atom. The van der Waals surface area contributed by atoms with Gasteiger partial charge in [-0.05, 0) is 31.0 Å². The fraction of sp³-hybridized carbons (Fsp3) is 0.500. The van der Waals surface area contributed by atoms with Gasteiger partial charge >= 0.3 is 0 Å². The summed E-state index contributed by atoms with van der Waals surface area (Å²) in [5.41, 5.74) is 0.632. The normalized spacial score (nSPS) is 15.5. The third-order valence-electron chi connectivity index (χ3n) is 3.19. The van der Waals surface area contributed by atoms with Crippen molar-refractivity contribution in [2.45, 2.75) is 30.9 Å². The summed E-state index contributed by atoms with van der Waals surface area (Å²) in [6.45, 7) is 0. The number of hydrogen-bond acceptors (Lipinski definition) is 3. The molecule has 1 aliphatic carbocycles. The number of nitrogens with one attached hydrogen (secondary N) is 1. The fourth-order valence-corrected chi connectivity index (χ4v) is 3.51. The maximum atomic E-state index is 11.9. The second kappa shape index (κ2) is 7.06. The molecule has 1 fully saturated rings. The van der Waals surface area contributed by atoms with E-state index in [1.165, 1.54) is 25.7 Å². The first-order chi connectivity index (χ1) is 9.19. The lowest BCUT2D eigenvalue weighted by Gasteiger charge is -2.12. The second-order valence-corrected chi connectivity index (χ2v) is 6.34. The monoisotopic (exact) mass is 299 g/mol. The molecule has 0 heterocycles. The summed E-state index contributed by atoms with van der Waals surface area (Å²) in [5, 5.41) is 4.09. The number of thioether (sulfide) groups is 1. The number of ether oxygens (including phenoxy) is 1. The van der Waals surface area contributed by atoms with Gasteiger partial charge in [-0.15, -0.1) is 11.8 Å². The van der Waals surface area contributed by atoms with Crippen molar-refractivity contribution < 1.29 is 9.53 Å². The molecular formula is C14H18ClNO2S. The molecule has 1 aromatic rings. The van der Waals surface area contributed by atoms with Crippen molar-refractivity contribution in [1.82, 2.24) is 0 Å². The lowest BCUT2D eigenvalue weighted by molar-refractivity contribution is -0.113. The molecule has 3 nitrogen and oxygen atoms in total.